The lowest BCUT2D eigenvalue weighted by atomic mass is 9.78. The van der Waals surface area contributed by atoms with E-state index in [0.717, 1.165) is 12.8 Å². The molecule has 3 aromatic heterocycles. The molecule has 0 bridgehead atoms. The molecule has 11 nitrogen and oxygen atoms in total. The summed E-state index contributed by atoms with van der Waals surface area (Å²) in [5, 5.41) is 18.6. The number of hydrogen-bond acceptors (Lipinski definition) is 8. The van der Waals surface area contributed by atoms with Crippen molar-refractivity contribution in [2.75, 3.05) is 10.6 Å². The number of hydrogen-bond donors (Lipinski definition) is 3. The zero-order valence-electron chi connectivity index (χ0n) is 20.2. The normalized spacial score (nSPS) is 18.0. The zero-order chi connectivity index (χ0) is 26.5. The molecular formula is C25H26FN5O6. The predicted molar refractivity (Wildman–Crippen MR) is 129 cm³/mol. The molecule has 1 aliphatic rings. The van der Waals surface area contributed by atoms with E-state index in [1.807, 2.05) is 0 Å². The van der Waals surface area contributed by atoms with Gasteiger partial charge in [0.2, 0.25) is 17.6 Å². The lowest BCUT2D eigenvalue weighted by molar-refractivity contribution is -0.147. The van der Waals surface area contributed by atoms with Gasteiger partial charge in [-0.1, -0.05) is 18.0 Å². The standard InChI is InChI=1S/C25H26FN5O6/c1-13-20(30-25(35)36-14(2)16-8-5-11-27-22(16)26)21(37-31-13)19-10-9-15(12-28-19)29-23(32)17-6-3-4-7-18(17)24(33)34/h5,8-12,14,17-18H,3-4,6-7H2,1-2H3,(H,29,32)(H,30,35)(H,33,34). The van der Waals surface area contributed by atoms with Crippen molar-refractivity contribution in [2.45, 2.75) is 45.6 Å². The van der Waals surface area contributed by atoms with Crippen LogP contribution in [-0.4, -0.2) is 38.2 Å². The molecule has 1 aliphatic carbocycles. The average molecular weight is 512 g/mol. The Hall–Kier alpha value is -4.35. The Balaban J connectivity index is 1.43. The van der Waals surface area contributed by atoms with E-state index in [2.05, 4.69) is 25.8 Å². The molecule has 12 heteroatoms. The molecule has 37 heavy (non-hydrogen) atoms. The number of carbonyl (C=O) groups is 3. The van der Waals surface area contributed by atoms with E-state index in [1.165, 1.54) is 31.5 Å². The highest BCUT2D eigenvalue weighted by Gasteiger charge is 2.35. The summed E-state index contributed by atoms with van der Waals surface area (Å²) in [6.45, 7) is 3.13. The Morgan fingerprint density at radius 2 is 1.89 bits per heavy atom. The summed E-state index contributed by atoms with van der Waals surface area (Å²) in [5.41, 5.74) is 1.42. The first-order valence-electron chi connectivity index (χ1n) is 11.8. The maximum absolute atomic E-state index is 13.9. The molecule has 194 valence electrons. The summed E-state index contributed by atoms with van der Waals surface area (Å²) in [6, 6.07) is 6.16. The van der Waals surface area contributed by atoms with Gasteiger partial charge in [-0.3, -0.25) is 19.9 Å². The van der Waals surface area contributed by atoms with Crippen molar-refractivity contribution in [3.05, 3.63) is 53.9 Å². The number of halogens is 1. The molecule has 3 heterocycles. The number of nitrogens with one attached hydrogen (secondary N) is 2. The second-order valence-electron chi connectivity index (χ2n) is 8.79. The quantitative estimate of drug-likeness (QED) is 0.382. The maximum Gasteiger partial charge on any atom is 0.412 e. The SMILES string of the molecule is Cc1noc(-c2ccc(NC(=O)C3CCCCC3C(=O)O)cn2)c1NC(=O)OC(C)c1cccnc1F. The monoisotopic (exact) mass is 511 g/mol. The molecule has 0 aliphatic heterocycles. The average Bonchev–Trinajstić information content (AvgIpc) is 3.24. The van der Waals surface area contributed by atoms with Crippen LogP contribution in [0, 0.1) is 24.7 Å². The number of carboxylic acid groups (broad SMARTS) is 1. The van der Waals surface area contributed by atoms with Gasteiger partial charge in [0.15, 0.2) is 0 Å². The summed E-state index contributed by atoms with van der Waals surface area (Å²) >= 11 is 0. The van der Waals surface area contributed by atoms with Crippen LogP contribution in [0.1, 0.15) is 50.0 Å². The molecule has 3 atom stereocenters. The fraction of sp³-hybridized carbons (Fsp3) is 0.360. The number of pyridine rings is 2. The second kappa shape index (κ2) is 11.1. The second-order valence-corrected chi connectivity index (χ2v) is 8.79. The molecule has 0 radical (unpaired) electrons. The van der Waals surface area contributed by atoms with Crippen LogP contribution in [0.15, 0.2) is 41.2 Å². The molecular weight excluding hydrogens is 485 g/mol. The lowest BCUT2D eigenvalue weighted by Crippen LogP contribution is -2.36. The topological polar surface area (TPSA) is 157 Å². The minimum absolute atomic E-state index is 0.127. The molecule has 3 aromatic rings. The number of aromatic nitrogens is 3. The van der Waals surface area contributed by atoms with Gasteiger partial charge in [0, 0.05) is 11.8 Å². The van der Waals surface area contributed by atoms with Crippen molar-refractivity contribution in [2.24, 2.45) is 11.8 Å². The zero-order valence-corrected chi connectivity index (χ0v) is 20.2. The van der Waals surface area contributed by atoms with Gasteiger partial charge in [-0.05, 0) is 51.0 Å². The first-order chi connectivity index (χ1) is 17.7. The lowest BCUT2D eigenvalue weighted by Gasteiger charge is -2.27. The summed E-state index contributed by atoms with van der Waals surface area (Å²) in [4.78, 5) is 44.5. The number of amides is 2. The molecule has 4 rings (SSSR count). The fourth-order valence-corrected chi connectivity index (χ4v) is 4.33. The van der Waals surface area contributed by atoms with Crippen LogP contribution in [0.5, 0.6) is 0 Å². The Morgan fingerprint density at radius 3 is 2.57 bits per heavy atom. The summed E-state index contributed by atoms with van der Waals surface area (Å²) in [7, 11) is 0. The molecule has 0 aromatic carbocycles. The highest BCUT2D eigenvalue weighted by molar-refractivity contribution is 5.95. The number of aliphatic carboxylic acids is 1. The van der Waals surface area contributed by atoms with Crippen molar-refractivity contribution in [1.82, 2.24) is 15.1 Å². The van der Waals surface area contributed by atoms with Gasteiger partial charge >= 0.3 is 12.1 Å². The van der Waals surface area contributed by atoms with Gasteiger partial charge in [0.25, 0.3) is 0 Å². The van der Waals surface area contributed by atoms with Gasteiger partial charge < -0.3 is 19.7 Å². The molecule has 3 N–H and O–H groups in total. The van der Waals surface area contributed by atoms with Crippen molar-refractivity contribution in [1.29, 1.82) is 0 Å². The first kappa shape index (κ1) is 25.7. The number of rotatable bonds is 7. The fourth-order valence-electron chi connectivity index (χ4n) is 4.33. The van der Waals surface area contributed by atoms with Gasteiger partial charge in [0.1, 0.15) is 23.2 Å². The van der Waals surface area contributed by atoms with Crippen LogP contribution in [0.2, 0.25) is 0 Å². The summed E-state index contributed by atoms with van der Waals surface area (Å²) in [6.07, 6.45) is 3.53. The number of carbonyl (C=O) groups excluding carboxylic acids is 2. The third-order valence-electron chi connectivity index (χ3n) is 6.28. The van der Waals surface area contributed by atoms with E-state index >= 15 is 0 Å². The van der Waals surface area contributed by atoms with Crippen molar-refractivity contribution < 1.29 is 33.1 Å². The number of nitrogens with zero attached hydrogens (tertiary/aromatic N) is 3. The minimum atomic E-state index is -0.965. The molecule has 2 amide bonds. The number of carboxylic acids is 1. The third kappa shape index (κ3) is 5.90. The van der Waals surface area contributed by atoms with E-state index in [0.29, 0.717) is 29.9 Å². The van der Waals surface area contributed by atoms with Crippen molar-refractivity contribution in [3.8, 4) is 11.5 Å². The van der Waals surface area contributed by atoms with Crippen LogP contribution in [0.3, 0.4) is 0 Å². The summed E-state index contributed by atoms with van der Waals surface area (Å²) < 4.78 is 24.5. The van der Waals surface area contributed by atoms with E-state index < -0.39 is 36.0 Å². The van der Waals surface area contributed by atoms with E-state index in [-0.39, 0.29) is 22.9 Å². The van der Waals surface area contributed by atoms with E-state index in [4.69, 9.17) is 9.26 Å². The van der Waals surface area contributed by atoms with Crippen molar-refractivity contribution >= 4 is 29.3 Å². The Bertz CT molecular complexity index is 1290. The molecule has 1 fully saturated rings. The predicted octanol–water partition coefficient (Wildman–Crippen LogP) is 4.72. The van der Waals surface area contributed by atoms with Crippen LogP contribution < -0.4 is 10.6 Å². The Labute approximate surface area is 211 Å². The van der Waals surface area contributed by atoms with Crippen LogP contribution in [-0.2, 0) is 14.3 Å². The van der Waals surface area contributed by atoms with Crippen LogP contribution >= 0.6 is 0 Å². The van der Waals surface area contributed by atoms with Gasteiger partial charge in [0.05, 0.1) is 23.7 Å². The number of anilines is 2. The smallest absolute Gasteiger partial charge is 0.412 e. The first-order valence-corrected chi connectivity index (χ1v) is 11.8. The van der Waals surface area contributed by atoms with Crippen LogP contribution in [0.4, 0.5) is 20.6 Å². The van der Waals surface area contributed by atoms with E-state index in [1.54, 1.807) is 19.1 Å². The molecule has 1 saturated carbocycles. The molecule has 0 spiro atoms. The van der Waals surface area contributed by atoms with Gasteiger partial charge in [-0.25, -0.2) is 9.78 Å². The summed E-state index contributed by atoms with van der Waals surface area (Å²) in [5.74, 6) is -3.21. The Morgan fingerprint density at radius 1 is 1.14 bits per heavy atom. The third-order valence-corrected chi connectivity index (χ3v) is 6.28. The van der Waals surface area contributed by atoms with Gasteiger partial charge in [-0.2, -0.15) is 4.39 Å². The van der Waals surface area contributed by atoms with Crippen LogP contribution in [0.25, 0.3) is 11.5 Å². The minimum Gasteiger partial charge on any atom is -0.481 e. The highest BCUT2D eigenvalue weighted by Crippen LogP contribution is 2.33. The maximum atomic E-state index is 13.9. The Kier molecular flexibility index (Phi) is 7.75. The largest absolute Gasteiger partial charge is 0.481 e. The highest BCUT2D eigenvalue weighted by atomic mass is 19.1. The van der Waals surface area contributed by atoms with Crippen molar-refractivity contribution in [3.63, 3.8) is 0 Å². The van der Waals surface area contributed by atoms with Gasteiger partial charge in [-0.15, -0.1) is 0 Å². The van der Waals surface area contributed by atoms with E-state index in [9.17, 15) is 23.9 Å². The molecule has 0 saturated heterocycles. The number of ether oxygens (including phenoxy) is 1. The molecule has 3 unspecified atom stereocenters. The number of aryl methyl sites for hydroxylation is 1.